The molecule has 0 aliphatic carbocycles. The Morgan fingerprint density at radius 3 is 2.80 bits per heavy atom. The van der Waals surface area contributed by atoms with Crippen LogP contribution in [0.1, 0.15) is 0 Å². The fourth-order valence-corrected chi connectivity index (χ4v) is 1.51. The molecule has 1 aromatic rings. The second-order valence-corrected chi connectivity index (χ2v) is 3.61. The van der Waals surface area contributed by atoms with Crippen molar-refractivity contribution in [1.82, 2.24) is 0 Å². The summed E-state index contributed by atoms with van der Waals surface area (Å²) in [6, 6.07) is 2.40. The fourth-order valence-electron chi connectivity index (χ4n) is 1.08. The molecule has 0 aliphatic heterocycles. The van der Waals surface area contributed by atoms with E-state index in [0.717, 1.165) is 6.07 Å². The number of aliphatic hydroxyl groups excluding tert-OH is 1. The summed E-state index contributed by atoms with van der Waals surface area (Å²) >= 11 is 3.02. The lowest BCUT2D eigenvalue weighted by Crippen LogP contribution is -2.08. The van der Waals surface area contributed by atoms with Crippen molar-refractivity contribution in [2.45, 2.75) is 0 Å². The number of aliphatic hydroxyl groups is 1. The minimum atomic E-state index is -0.921. The van der Waals surface area contributed by atoms with Crippen LogP contribution in [0.25, 0.3) is 0 Å². The Labute approximate surface area is 93.2 Å². The number of nitro groups is 1. The van der Waals surface area contributed by atoms with Crippen LogP contribution >= 0.6 is 15.9 Å². The third-order valence-electron chi connectivity index (χ3n) is 1.64. The summed E-state index contributed by atoms with van der Waals surface area (Å²) in [4.78, 5) is 9.76. The molecular weight excluding hydrogens is 271 g/mol. The zero-order valence-electron chi connectivity index (χ0n) is 7.54. The first-order chi connectivity index (χ1) is 7.06. The van der Waals surface area contributed by atoms with E-state index >= 15 is 0 Å². The maximum absolute atomic E-state index is 13.2. The normalized spacial score (nSPS) is 10.1. The largest absolute Gasteiger partial charge is 0.395 e. The zero-order chi connectivity index (χ0) is 11.4. The number of hydrogen-bond donors (Lipinski definition) is 2. The standard InChI is InChI=1S/C8H8BrFN2O3/c9-5-3-6(10)8(12(14)15)7(4-5)11-1-2-13/h3-4,11,13H,1-2H2. The van der Waals surface area contributed by atoms with Crippen LogP contribution in [0, 0.1) is 15.9 Å². The van der Waals surface area contributed by atoms with Crippen LogP contribution in [-0.2, 0) is 0 Å². The monoisotopic (exact) mass is 278 g/mol. The highest BCUT2D eigenvalue weighted by molar-refractivity contribution is 9.10. The van der Waals surface area contributed by atoms with Gasteiger partial charge in [0, 0.05) is 11.0 Å². The Hall–Kier alpha value is -1.21. The number of benzene rings is 1. The number of nitro benzene ring substituents is 1. The van der Waals surface area contributed by atoms with Gasteiger partial charge in [0.15, 0.2) is 0 Å². The highest BCUT2D eigenvalue weighted by atomic mass is 79.9. The maximum atomic E-state index is 13.2. The van der Waals surface area contributed by atoms with Gasteiger partial charge in [-0.25, -0.2) is 0 Å². The summed E-state index contributed by atoms with van der Waals surface area (Å²) in [5.74, 6) is -0.921. The molecule has 7 heteroatoms. The molecule has 0 atom stereocenters. The van der Waals surface area contributed by atoms with E-state index in [1.807, 2.05) is 0 Å². The lowest BCUT2D eigenvalue weighted by molar-refractivity contribution is -0.386. The van der Waals surface area contributed by atoms with Gasteiger partial charge >= 0.3 is 5.69 Å². The van der Waals surface area contributed by atoms with Crippen LogP contribution in [0.4, 0.5) is 15.8 Å². The minimum Gasteiger partial charge on any atom is -0.395 e. The van der Waals surface area contributed by atoms with Gasteiger partial charge in [-0.05, 0) is 12.1 Å². The molecule has 1 rings (SSSR count). The Morgan fingerprint density at radius 1 is 1.60 bits per heavy atom. The van der Waals surface area contributed by atoms with Crippen molar-refractivity contribution in [2.75, 3.05) is 18.5 Å². The molecule has 0 aliphatic rings. The molecule has 1 aromatic carbocycles. The van der Waals surface area contributed by atoms with Crippen molar-refractivity contribution in [1.29, 1.82) is 0 Å². The first-order valence-electron chi connectivity index (χ1n) is 4.04. The summed E-state index contributed by atoms with van der Waals surface area (Å²) in [6.45, 7) is -0.0674. The van der Waals surface area contributed by atoms with E-state index in [4.69, 9.17) is 5.11 Å². The van der Waals surface area contributed by atoms with Crippen LogP contribution in [0.15, 0.2) is 16.6 Å². The average Bonchev–Trinajstić information content (AvgIpc) is 2.12. The number of nitrogens with one attached hydrogen (secondary N) is 1. The number of hydrogen-bond acceptors (Lipinski definition) is 4. The summed E-state index contributed by atoms with van der Waals surface area (Å²) in [7, 11) is 0. The molecule has 0 aromatic heterocycles. The van der Waals surface area contributed by atoms with Gasteiger partial charge in [0.1, 0.15) is 5.69 Å². The molecule has 0 amide bonds. The lowest BCUT2D eigenvalue weighted by Gasteiger charge is -2.06. The van der Waals surface area contributed by atoms with Gasteiger partial charge in [-0.2, -0.15) is 4.39 Å². The molecule has 82 valence electrons. The van der Waals surface area contributed by atoms with Gasteiger partial charge in [-0.15, -0.1) is 0 Å². The highest BCUT2D eigenvalue weighted by Gasteiger charge is 2.20. The van der Waals surface area contributed by atoms with Gasteiger partial charge in [-0.1, -0.05) is 15.9 Å². The van der Waals surface area contributed by atoms with Gasteiger partial charge in [-0.3, -0.25) is 10.1 Å². The number of halogens is 2. The molecule has 15 heavy (non-hydrogen) atoms. The molecule has 0 saturated heterocycles. The number of anilines is 1. The third kappa shape index (κ3) is 2.87. The van der Waals surface area contributed by atoms with E-state index in [2.05, 4.69) is 21.2 Å². The first kappa shape index (κ1) is 11.9. The predicted molar refractivity (Wildman–Crippen MR) is 56.3 cm³/mol. The molecule has 0 bridgehead atoms. The lowest BCUT2D eigenvalue weighted by atomic mass is 10.2. The number of nitrogens with zero attached hydrogens (tertiary/aromatic N) is 1. The molecule has 0 fully saturated rings. The van der Waals surface area contributed by atoms with Crippen LogP contribution in [0.3, 0.4) is 0 Å². The molecule has 0 radical (unpaired) electrons. The first-order valence-corrected chi connectivity index (χ1v) is 4.83. The van der Waals surface area contributed by atoms with Gasteiger partial charge in [0.05, 0.1) is 11.5 Å². The summed E-state index contributed by atoms with van der Waals surface area (Å²) in [5.41, 5.74) is -0.576. The summed E-state index contributed by atoms with van der Waals surface area (Å²) in [5, 5.41) is 21.7. The number of rotatable bonds is 4. The van der Waals surface area contributed by atoms with Crippen LogP contribution in [0.5, 0.6) is 0 Å². The van der Waals surface area contributed by atoms with Crippen LogP contribution in [-0.4, -0.2) is 23.2 Å². The highest BCUT2D eigenvalue weighted by Crippen LogP contribution is 2.31. The Balaban J connectivity index is 3.14. The molecule has 0 spiro atoms. The van der Waals surface area contributed by atoms with E-state index in [-0.39, 0.29) is 18.8 Å². The minimum absolute atomic E-state index is 0.0425. The van der Waals surface area contributed by atoms with Gasteiger partial charge < -0.3 is 10.4 Å². The Kier molecular flexibility index (Phi) is 3.98. The van der Waals surface area contributed by atoms with Crippen molar-refractivity contribution >= 4 is 27.3 Å². The van der Waals surface area contributed by atoms with E-state index in [1.54, 1.807) is 0 Å². The molecule has 2 N–H and O–H groups in total. The van der Waals surface area contributed by atoms with Crippen molar-refractivity contribution in [2.24, 2.45) is 0 Å². The fraction of sp³-hybridized carbons (Fsp3) is 0.250. The average molecular weight is 279 g/mol. The molecule has 0 heterocycles. The van der Waals surface area contributed by atoms with Crippen molar-refractivity contribution in [3.63, 3.8) is 0 Å². The molecular formula is C8H8BrFN2O3. The van der Waals surface area contributed by atoms with Gasteiger partial charge in [0.25, 0.3) is 0 Å². The third-order valence-corrected chi connectivity index (χ3v) is 2.10. The van der Waals surface area contributed by atoms with Gasteiger partial charge in [0.2, 0.25) is 5.82 Å². The van der Waals surface area contributed by atoms with Crippen molar-refractivity contribution in [3.8, 4) is 0 Å². The smallest absolute Gasteiger partial charge is 0.327 e. The predicted octanol–water partition coefficient (Wildman–Crippen LogP) is 1.90. The summed E-state index contributed by atoms with van der Waals surface area (Å²) in [6.07, 6.45) is 0. The molecule has 0 saturated carbocycles. The second-order valence-electron chi connectivity index (χ2n) is 2.69. The molecule has 5 nitrogen and oxygen atoms in total. The zero-order valence-corrected chi connectivity index (χ0v) is 9.12. The maximum Gasteiger partial charge on any atom is 0.327 e. The SMILES string of the molecule is O=[N+]([O-])c1c(F)cc(Br)cc1NCCO. The topological polar surface area (TPSA) is 75.4 Å². The Bertz CT molecular complexity index is 386. The van der Waals surface area contributed by atoms with E-state index in [0.29, 0.717) is 4.47 Å². The van der Waals surface area contributed by atoms with E-state index < -0.39 is 16.4 Å². The molecule has 0 unspecified atom stereocenters. The van der Waals surface area contributed by atoms with Crippen molar-refractivity contribution < 1.29 is 14.4 Å². The Morgan fingerprint density at radius 2 is 2.27 bits per heavy atom. The van der Waals surface area contributed by atoms with E-state index in [1.165, 1.54) is 6.07 Å². The van der Waals surface area contributed by atoms with Crippen LogP contribution in [0.2, 0.25) is 0 Å². The van der Waals surface area contributed by atoms with E-state index in [9.17, 15) is 14.5 Å². The summed E-state index contributed by atoms with van der Waals surface area (Å²) < 4.78 is 13.6. The second kappa shape index (κ2) is 5.04. The van der Waals surface area contributed by atoms with Crippen molar-refractivity contribution in [3.05, 3.63) is 32.5 Å². The van der Waals surface area contributed by atoms with Crippen LogP contribution < -0.4 is 5.32 Å². The quantitative estimate of drug-likeness (QED) is 0.652.